The molecule has 1 aromatic rings. The van der Waals surface area contributed by atoms with Gasteiger partial charge in [0, 0.05) is 17.2 Å². The number of hydrogen-bond acceptors (Lipinski definition) is 3. The Labute approximate surface area is 102 Å². The second kappa shape index (κ2) is 3.99. The van der Waals surface area contributed by atoms with Gasteiger partial charge in [-0.1, -0.05) is 0 Å². The Hall–Kier alpha value is -0.640. The van der Waals surface area contributed by atoms with Gasteiger partial charge in [-0.25, -0.2) is 4.98 Å². The summed E-state index contributed by atoms with van der Waals surface area (Å²) in [6.45, 7) is 8.56. The molecule has 0 aliphatic carbocycles. The van der Waals surface area contributed by atoms with Crippen molar-refractivity contribution in [3.63, 3.8) is 0 Å². The van der Waals surface area contributed by atoms with E-state index in [1.54, 1.807) is 0 Å². The molecule has 1 aromatic heterocycles. The molecule has 0 saturated carbocycles. The Morgan fingerprint density at radius 2 is 2.12 bits per heavy atom. The highest BCUT2D eigenvalue weighted by Gasteiger charge is 2.27. The van der Waals surface area contributed by atoms with Gasteiger partial charge in [-0.05, 0) is 39.9 Å². The Balaban J connectivity index is 2.42. The van der Waals surface area contributed by atoms with Crippen LogP contribution in [0.15, 0.2) is 0 Å². The van der Waals surface area contributed by atoms with E-state index in [4.69, 9.17) is 5.73 Å². The summed E-state index contributed by atoms with van der Waals surface area (Å²) < 4.78 is 2.16. The lowest BCUT2D eigenvalue weighted by molar-refractivity contribution is 0.393. The van der Waals surface area contributed by atoms with Crippen molar-refractivity contribution in [2.45, 2.75) is 45.6 Å². The summed E-state index contributed by atoms with van der Waals surface area (Å²) in [6.07, 6.45) is 1.22. The van der Waals surface area contributed by atoms with Gasteiger partial charge in [0.2, 0.25) is 0 Å². The van der Waals surface area contributed by atoms with Gasteiger partial charge < -0.3 is 10.3 Å². The molecule has 4 heteroatoms. The second-order valence-electron chi connectivity index (χ2n) is 5.50. The molecule has 1 atom stereocenters. The number of nitrogen functional groups attached to an aromatic ring is 1. The quantitative estimate of drug-likeness (QED) is 0.819. The lowest BCUT2D eigenvalue weighted by Gasteiger charge is -2.24. The summed E-state index contributed by atoms with van der Waals surface area (Å²) in [6, 6.07) is 0. The van der Waals surface area contributed by atoms with Crippen molar-refractivity contribution in [2.75, 3.05) is 17.2 Å². The molecule has 1 aliphatic heterocycles. The van der Waals surface area contributed by atoms with Crippen LogP contribution in [0, 0.1) is 6.92 Å². The summed E-state index contributed by atoms with van der Waals surface area (Å²) in [5.41, 5.74) is 7.40. The number of aromatic nitrogens is 2. The molecule has 2 rings (SSSR count). The minimum atomic E-state index is 0.0190. The number of imidazole rings is 1. The van der Waals surface area contributed by atoms with Gasteiger partial charge in [-0.2, -0.15) is 11.8 Å². The average molecular weight is 239 g/mol. The smallest absolute Gasteiger partial charge is 0.127 e. The molecule has 3 nitrogen and oxygen atoms in total. The van der Waals surface area contributed by atoms with E-state index in [2.05, 4.69) is 30.3 Å². The van der Waals surface area contributed by atoms with Crippen molar-refractivity contribution >= 4 is 17.6 Å². The highest BCUT2D eigenvalue weighted by Crippen LogP contribution is 2.36. The number of hydrogen-bond donors (Lipinski definition) is 1. The molecule has 0 bridgehead atoms. The molecule has 1 aliphatic rings. The van der Waals surface area contributed by atoms with Crippen LogP contribution < -0.4 is 5.73 Å². The fraction of sp³-hybridized carbons (Fsp3) is 0.750. The molecule has 2 heterocycles. The van der Waals surface area contributed by atoms with E-state index >= 15 is 0 Å². The van der Waals surface area contributed by atoms with Crippen LogP contribution in [-0.4, -0.2) is 21.1 Å². The third kappa shape index (κ3) is 1.95. The second-order valence-corrected chi connectivity index (χ2v) is 6.65. The summed E-state index contributed by atoms with van der Waals surface area (Å²) in [7, 11) is 0. The van der Waals surface area contributed by atoms with Crippen molar-refractivity contribution < 1.29 is 0 Å². The van der Waals surface area contributed by atoms with Crippen molar-refractivity contribution in [1.82, 2.24) is 9.55 Å². The minimum Gasteiger partial charge on any atom is -0.384 e. The van der Waals surface area contributed by atoms with Gasteiger partial charge >= 0.3 is 0 Å². The molecule has 1 saturated heterocycles. The molecule has 2 N–H and O–H groups in total. The van der Waals surface area contributed by atoms with E-state index in [0.717, 1.165) is 17.3 Å². The lowest BCUT2D eigenvalue weighted by atomic mass is 10.0. The molecule has 0 aromatic carbocycles. The third-order valence-electron chi connectivity index (χ3n) is 3.10. The van der Waals surface area contributed by atoms with Crippen LogP contribution in [0.4, 0.5) is 5.82 Å². The number of rotatable bonds is 1. The van der Waals surface area contributed by atoms with Crippen LogP contribution in [0.2, 0.25) is 0 Å². The van der Waals surface area contributed by atoms with Gasteiger partial charge in [0.05, 0.1) is 5.69 Å². The summed E-state index contributed by atoms with van der Waals surface area (Å²) in [5.74, 6) is 4.89. The Kier molecular flexibility index (Phi) is 2.95. The monoisotopic (exact) mass is 239 g/mol. The van der Waals surface area contributed by atoms with Gasteiger partial charge in [-0.15, -0.1) is 0 Å². The maximum absolute atomic E-state index is 6.26. The average Bonchev–Trinajstić information content (AvgIpc) is 2.71. The maximum Gasteiger partial charge on any atom is 0.127 e. The zero-order valence-corrected chi connectivity index (χ0v) is 11.4. The van der Waals surface area contributed by atoms with Crippen molar-refractivity contribution in [2.24, 2.45) is 0 Å². The molecular formula is C12H21N3S. The van der Waals surface area contributed by atoms with Gasteiger partial charge in [0.1, 0.15) is 11.6 Å². The van der Waals surface area contributed by atoms with Crippen molar-refractivity contribution in [1.29, 1.82) is 0 Å². The molecular weight excluding hydrogens is 218 g/mol. The van der Waals surface area contributed by atoms with Crippen LogP contribution in [-0.2, 0) is 5.54 Å². The normalized spacial score (nSPS) is 21.6. The summed E-state index contributed by atoms with van der Waals surface area (Å²) in [5, 5.41) is 0. The van der Waals surface area contributed by atoms with Crippen LogP contribution in [0.1, 0.15) is 44.6 Å². The molecule has 1 fully saturated rings. The van der Waals surface area contributed by atoms with Crippen LogP contribution in [0.3, 0.4) is 0 Å². The highest BCUT2D eigenvalue weighted by atomic mass is 32.2. The van der Waals surface area contributed by atoms with E-state index in [1.165, 1.54) is 17.9 Å². The topological polar surface area (TPSA) is 43.8 Å². The van der Waals surface area contributed by atoms with E-state index in [1.807, 2.05) is 18.7 Å². The standard InChI is InChI=1S/C12H21N3S/c1-8-14-10(9-5-6-16-7-9)11(13)15(8)12(2,3)4/h9H,5-7,13H2,1-4H3. The predicted octanol–water partition coefficient (Wildman–Crippen LogP) is 2.75. The fourth-order valence-corrected chi connectivity index (χ4v) is 3.69. The zero-order valence-electron chi connectivity index (χ0n) is 10.6. The molecule has 90 valence electrons. The molecule has 0 spiro atoms. The zero-order chi connectivity index (χ0) is 11.9. The first-order chi connectivity index (χ1) is 7.41. The summed E-state index contributed by atoms with van der Waals surface area (Å²) in [4.78, 5) is 4.68. The number of anilines is 1. The number of nitrogens with zero attached hydrogens (tertiary/aromatic N) is 2. The summed E-state index contributed by atoms with van der Waals surface area (Å²) >= 11 is 2.00. The predicted molar refractivity (Wildman–Crippen MR) is 71.1 cm³/mol. The number of thioether (sulfide) groups is 1. The largest absolute Gasteiger partial charge is 0.384 e. The lowest BCUT2D eigenvalue weighted by Crippen LogP contribution is -2.24. The van der Waals surface area contributed by atoms with E-state index < -0.39 is 0 Å². The maximum atomic E-state index is 6.26. The van der Waals surface area contributed by atoms with Crippen LogP contribution >= 0.6 is 11.8 Å². The SMILES string of the molecule is Cc1nc(C2CCSC2)c(N)n1C(C)(C)C. The number of aryl methyl sites for hydroxylation is 1. The first kappa shape index (κ1) is 11.8. The van der Waals surface area contributed by atoms with E-state index in [0.29, 0.717) is 5.92 Å². The Bertz CT molecular complexity index is 384. The van der Waals surface area contributed by atoms with Crippen molar-refractivity contribution in [3.8, 4) is 0 Å². The molecule has 0 amide bonds. The van der Waals surface area contributed by atoms with Gasteiger partial charge in [0.15, 0.2) is 0 Å². The molecule has 16 heavy (non-hydrogen) atoms. The molecule has 0 radical (unpaired) electrons. The van der Waals surface area contributed by atoms with Crippen molar-refractivity contribution in [3.05, 3.63) is 11.5 Å². The fourth-order valence-electron chi connectivity index (χ4n) is 2.47. The minimum absolute atomic E-state index is 0.0190. The Morgan fingerprint density at radius 3 is 2.56 bits per heavy atom. The van der Waals surface area contributed by atoms with Gasteiger partial charge in [-0.3, -0.25) is 0 Å². The first-order valence-corrected chi connectivity index (χ1v) is 6.99. The van der Waals surface area contributed by atoms with E-state index in [9.17, 15) is 0 Å². The van der Waals surface area contributed by atoms with Crippen LogP contribution in [0.5, 0.6) is 0 Å². The van der Waals surface area contributed by atoms with Crippen LogP contribution in [0.25, 0.3) is 0 Å². The highest BCUT2D eigenvalue weighted by molar-refractivity contribution is 7.99. The van der Waals surface area contributed by atoms with E-state index in [-0.39, 0.29) is 5.54 Å². The Morgan fingerprint density at radius 1 is 1.44 bits per heavy atom. The van der Waals surface area contributed by atoms with Gasteiger partial charge in [0.25, 0.3) is 0 Å². The number of nitrogens with two attached hydrogens (primary N) is 1. The third-order valence-corrected chi connectivity index (χ3v) is 4.26. The first-order valence-electron chi connectivity index (χ1n) is 5.84. The molecule has 1 unspecified atom stereocenters.